The van der Waals surface area contributed by atoms with Crippen LogP contribution < -0.4 is 4.57 Å². The SMILES string of the molecule is Cc1ccc2c3c1-c1n(cc[n+]1C)C(C)(C)n3c1nc(C)c(C)n21. The van der Waals surface area contributed by atoms with Gasteiger partial charge in [0, 0.05) is 5.69 Å². The summed E-state index contributed by atoms with van der Waals surface area (Å²) in [7, 11) is 2.12. The average Bonchev–Trinajstić information content (AvgIpc) is 3.13. The van der Waals surface area contributed by atoms with E-state index in [0.717, 1.165) is 11.5 Å². The van der Waals surface area contributed by atoms with Gasteiger partial charge < -0.3 is 0 Å². The quantitative estimate of drug-likeness (QED) is 0.458. The molecule has 0 spiro atoms. The van der Waals surface area contributed by atoms with E-state index < -0.39 is 0 Å². The third kappa shape index (κ3) is 1.30. The van der Waals surface area contributed by atoms with E-state index in [1.165, 1.54) is 33.7 Å². The van der Waals surface area contributed by atoms with Crippen LogP contribution in [0.25, 0.3) is 28.2 Å². The van der Waals surface area contributed by atoms with Crippen LogP contribution >= 0.6 is 0 Å². The molecule has 5 nitrogen and oxygen atoms in total. The first-order valence-electron chi connectivity index (χ1n) is 8.42. The Balaban J connectivity index is 2.15. The van der Waals surface area contributed by atoms with E-state index >= 15 is 0 Å². The Bertz CT molecular complexity index is 1170. The van der Waals surface area contributed by atoms with Gasteiger partial charge in [-0.25, -0.2) is 14.1 Å². The van der Waals surface area contributed by atoms with Crippen LogP contribution in [0.2, 0.25) is 0 Å². The molecule has 0 bridgehead atoms. The minimum Gasteiger partial charge on any atom is -0.281 e. The van der Waals surface area contributed by atoms with E-state index in [9.17, 15) is 0 Å². The Hall–Kier alpha value is -2.56. The molecule has 0 atom stereocenters. The van der Waals surface area contributed by atoms with E-state index in [-0.39, 0.29) is 5.66 Å². The second kappa shape index (κ2) is 3.91. The smallest absolute Gasteiger partial charge is 0.281 e. The summed E-state index contributed by atoms with van der Waals surface area (Å²) in [5.74, 6) is 2.28. The zero-order valence-corrected chi connectivity index (χ0v) is 15.0. The summed E-state index contributed by atoms with van der Waals surface area (Å²) in [4.78, 5) is 4.91. The lowest BCUT2D eigenvalue weighted by atomic mass is 10.0. The molecule has 24 heavy (non-hydrogen) atoms. The first-order valence-corrected chi connectivity index (χ1v) is 8.42. The monoisotopic (exact) mass is 320 g/mol. The Morgan fingerprint density at radius 2 is 1.88 bits per heavy atom. The maximum atomic E-state index is 4.91. The normalized spacial score (nSPS) is 15.4. The summed E-state index contributed by atoms with van der Waals surface area (Å²) >= 11 is 0. The van der Waals surface area contributed by atoms with Crippen LogP contribution in [0.1, 0.15) is 30.8 Å². The Kier molecular flexibility index (Phi) is 2.26. The van der Waals surface area contributed by atoms with Gasteiger partial charge in [-0.05, 0) is 46.2 Å². The molecule has 1 aromatic carbocycles. The molecule has 1 aliphatic heterocycles. The van der Waals surface area contributed by atoms with Crippen molar-refractivity contribution in [2.24, 2.45) is 7.05 Å². The van der Waals surface area contributed by atoms with Crippen LogP contribution in [0.5, 0.6) is 0 Å². The highest BCUT2D eigenvalue weighted by molar-refractivity contribution is 5.96. The summed E-state index contributed by atoms with van der Waals surface area (Å²) in [5, 5.41) is 0. The van der Waals surface area contributed by atoms with Crippen molar-refractivity contribution in [3.8, 4) is 11.4 Å². The molecule has 4 heterocycles. The lowest BCUT2D eigenvalue weighted by Gasteiger charge is -2.30. The molecule has 0 N–H and O–H groups in total. The third-order valence-electron chi connectivity index (χ3n) is 5.72. The molecule has 4 aromatic rings. The zero-order chi connectivity index (χ0) is 17.0. The number of fused-ring (bicyclic) bond motifs is 5. The lowest BCUT2D eigenvalue weighted by molar-refractivity contribution is -0.660. The number of hydrogen-bond donors (Lipinski definition) is 0. The van der Waals surface area contributed by atoms with Crippen LogP contribution in [0.3, 0.4) is 0 Å². The van der Waals surface area contributed by atoms with Crippen molar-refractivity contribution in [1.82, 2.24) is 18.5 Å². The van der Waals surface area contributed by atoms with Crippen LogP contribution in [-0.4, -0.2) is 18.5 Å². The Morgan fingerprint density at radius 3 is 2.62 bits per heavy atom. The van der Waals surface area contributed by atoms with Gasteiger partial charge in [0.05, 0.1) is 29.3 Å². The Morgan fingerprint density at radius 1 is 1.12 bits per heavy atom. The number of nitrogens with zero attached hydrogens (tertiary/aromatic N) is 5. The fourth-order valence-corrected chi connectivity index (χ4v) is 4.34. The van der Waals surface area contributed by atoms with Crippen LogP contribution in [0, 0.1) is 20.8 Å². The topological polar surface area (TPSA) is 31.0 Å². The molecule has 3 aromatic heterocycles. The number of benzene rings is 1. The number of imidazole rings is 3. The zero-order valence-electron chi connectivity index (χ0n) is 15.0. The number of hydrogen-bond acceptors (Lipinski definition) is 1. The highest BCUT2D eigenvalue weighted by atomic mass is 15.4. The molecule has 0 fully saturated rings. The van der Waals surface area contributed by atoms with Gasteiger partial charge in [-0.15, -0.1) is 0 Å². The summed E-state index contributed by atoms with van der Waals surface area (Å²) in [6.45, 7) is 11.0. The Labute approximate surface area is 140 Å². The van der Waals surface area contributed by atoms with Gasteiger partial charge in [-0.2, -0.15) is 0 Å². The second-order valence-electron chi connectivity index (χ2n) is 7.48. The van der Waals surface area contributed by atoms with Gasteiger partial charge in [0.25, 0.3) is 5.82 Å². The summed E-state index contributed by atoms with van der Waals surface area (Å²) in [5.41, 5.74) is 7.22. The van der Waals surface area contributed by atoms with Crippen molar-refractivity contribution >= 4 is 16.8 Å². The van der Waals surface area contributed by atoms with Crippen molar-refractivity contribution in [3.05, 3.63) is 41.5 Å². The van der Waals surface area contributed by atoms with Gasteiger partial charge in [0.15, 0.2) is 5.66 Å². The van der Waals surface area contributed by atoms with Crippen molar-refractivity contribution in [3.63, 3.8) is 0 Å². The molecule has 0 amide bonds. The fraction of sp³-hybridized carbons (Fsp3) is 0.368. The van der Waals surface area contributed by atoms with Crippen molar-refractivity contribution in [2.45, 2.75) is 40.3 Å². The first-order chi connectivity index (χ1) is 11.3. The molecule has 0 unspecified atom stereocenters. The molecule has 0 radical (unpaired) electrons. The van der Waals surface area contributed by atoms with E-state index in [1.54, 1.807) is 0 Å². The standard InChI is InChI=1S/C19H22N5/c1-11-7-8-14-16-15(11)17-21(6)9-10-22(17)19(4,5)24(16)18-20-12(2)13(3)23(14)18/h7-10H,1-6H3/q+1. The maximum absolute atomic E-state index is 4.91. The minimum atomic E-state index is -0.218. The summed E-state index contributed by atoms with van der Waals surface area (Å²) in [6.07, 6.45) is 4.32. The highest BCUT2D eigenvalue weighted by Gasteiger charge is 2.43. The molecule has 122 valence electrons. The van der Waals surface area contributed by atoms with E-state index in [4.69, 9.17) is 4.98 Å². The maximum Gasteiger partial charge on any atom is 0.293 e. The molecule has 5 heteroatoms. The summed E-state index contributed by atoms with van der Waals surface area (Å²) in [6, 6.07) is 4.46. The van der Waals surface area contributed by atoms with Crippen molar-refractivity contribution in [2.75, 3.05) is 0 Å². The molecule has 0 aliphatic carbocycles. The van der Waals surface area contributed by atoms with Gasteiger partial charge in [0.1, 0.15) is 12.4 Å². The van der Waals surface area contributed by atoms with Crippen molar-refractivity contribution in [1.29, 1.82) is 0 Å². The average molecular weight is 320 g/mol. The van der Waals surface area contributed by atoms with Crippen LogP contribution in [0.15, 0.2) is 24.5 Å². The largest absolute Gasteiger partial charge is 0.293 e. The van der Waals surface area contributed by atoms with Crippen LogP contribution in [-0.2, 0) is 12.7 Å². The van der Waals surface area contributed by atoms with Gasteiger partial charge in [0.2, 0.25) is 5.78 Å². The highest BCUT2D eigenvalue weighted by Crippen LogP contribution is 2.42. The van der Waals surface area contributed by atoms with Gasteiger partial charge in [-0.1, -0.05) is 6.07 Å². The molecular weight excluding hydrogens is 298 g/mol. The molecule has 0 saturated carbocycles. The van der Waals surface area contributed by atoms with E-state index in [2.05, 4.69) is 84.3 Å². The number of aryl methyl sites for hydroxylation is 4. The van der Waals surface area contributed by atoms with Crippen molar-refractivity contribution < 1.29 is 4.57 Å². The van der Waals surface area contributed by atoms with E-state index in [1.807, 2.05) is 0 Å². The van der Waals surface area contributed by atoms with Gasteiger partial charge >= 0.3 is 0 Å². The molecule has 1 aliphatic rings. The predicted molar refractivity (Wildman–Crippen MR) is 94.2 cm³/mol. The number of rotatable bonds is 0. The second-order valence-corrected chi connectivity index (χ2v) is 7.48. The third-order valence-corrected chi connectivity index (χ3v) is 5.72. The summed E-state index contributed by atoms with van der Waals surface area (Å²) < 4.78 is 9.29. The van der Waals surface area contributed by atoms with Crippen LogP contribution in [0.4, 0.5) is 0 Å². The fourth-order valence-electron chi connectivity index (χ4n) is 4.34. The molecule has 5 rings (SSSR count). The van der Waals surface area contributed by atoms with E-state index in [0.29, 0.717) is 0 Å². The predicted octanol–water partition coefficient (Wildman–Crippen LogP) is 3.06. The number of aromatic nitrogens is 5. The first kappa shape index (κ1) is 13.8. The molecule has 0 saturated heterocycles. The molecular formula is C19H22N5+. The lowest BCUT2D eigenvalue weighted by Crippen LogP contribution is -2.41. The minimum absolute atomic E-state index is 0.218. The van der Waals surface area contributed by atoms with Gasteiger partial charge in [-0.3, -0.25) is 8.97 Å².